The molecule has 0 bridgehead atoms. The molecule has 2 amide bonds. The first kappa shape index (κ1) is 20.4. The molecule has 2 aromatic carbocycles. The van der Waals surface area contributed by atoms with E-state index in [0.717, 1.165) is 10.0 Å². The van der Waals surface area contributed by atoms with Crippen LogP contribution in [0.15, 0.2) is 40.9 Å². The fourth-order valence-corrected chi connectivity index (χ4v) is 2.88. The molecule has 138 valence electrons. The molecule has 0 saturated heterocycles. The van der Waals surface area contributed by atoms with Gasteiger partial charge >= 0.3 is 0 Å². The summed E-state index contributed by atoms with van der Waals surface area (Å²) in [5, 5.41) is 0.741. The summed E-state index contributed by atoms with van der Waals surface area (Å²) in [6.07, 6.45) is 0. The number of carbonyl (C=O) groups is 2. The Bertz CT molecular complexity index is 750. The van der Waals surface area contributed by atoms with Crippen molar-refractivity contribution in [3.63, 3.8) is 0 Å². The van der Waals surface area contributed by atoms with Gasteiger partial charge in [-0.05, 0) is 58.7 Å². The highest BCUT2D eigenvalue weighted by molar-refractivity contribution is 9.10. The van der Waals surface area contributed by atoms with Crippen molar-refractivity contribution in [3.05, 3.63) is 56.5 Å². The van der Waals surface area contributed by atoms with Gasteiger partial charge in [0.2, 0.25) is 0 Å². The zero-order valence-corrected chi connectivity index (χ0v) is 16.7. The van der Waals surface area contributed by atoms with Crippen molar-refractivity contribution in [2.24, 2.45) is 0 Å². The van der Waals surface area contributed by atoms with Crippen LogP contribution < -0.4 is 20.3 Å². The maximum Gasteiger partial charge on any atom is 0.276 e. The molecule has 0 heterocycles. The zero-order chi connectivity index (χ0) is 19.1. The number of carbonyl (C=O) groups excluding carboxylic acids is 2. The lowest BCUT2D eigenvalue weighted by atomic mass is 10.2. The molecule has 0 saturated carbocycles. The molecule has 0 aromatic heterocycles. The van der Waals surface area contributed by atoms with Crippen LogP contribution in [0.2, 0.25) is 10.0 Å². The monoisotopic (exact) mass is 460 g/mol. The van der Waals surface area contributed by atoms with Crippen LogP contribution in [0, 0.1) is 6.92 Å². The van der Waals surface area contributed by atoms with Crippen LogP contribution in [0.5, 0.6) is 11.5 Å². The van der Waals surface area contributed by atoms with Crippen LogP contribution in [-0.2, 0) is 9.59 Å². The first-order chi connectivity index (χ1) is 12.3. The molecule has 2 N–H and O–H groups in total. The normalized spacial score (nSPS) is 10.2. The van der Waals surface area contributed by atoms with E-state index in [1.165, 1.54) is 6.07 Å². The molecule has 0 aliphatic heterocycles. The van der Waals surface area contributed by atoms with Gasteiger partial charge in [-0.2, -0.15) is 0 Å². The minimum atomic E-state index is -0.555. The highest BCUT2D eigenvalue weighted by Gasteiger charge is 2.09. The van der Waals surface area contributed by atoms with E-state index in [4.69, 9.17) is 32.7 Å². The maximum atomic E-state index is 11.7. The average molecular weight is 462 g/mol. The van der Waals surface area contributed by atoms with Gasteiger partial charge in [0.15, 0.2) is 13.2 Å². The Hall–Kier alpha value is -1.96. The lowest BCUT2D eigenvalue weighted by Crippen LogP contribution is -2.45. The van der Waals surface area contributed by atoms with Gasteiger partial charge in [0.25, 0.3) is 11.8 Å². The molecular weight excluding hydrogens is 447 g/mol. The van der Waals surface area contributed by atoms with E-state index < -0.39 is 11.8 Å². The number of rotatable bonds is 6. The van der Waals surface area contributed by atoms with Gasteiger partial charge in [-0.25, -0.2) is 0 Å². The highest BCUT2D eigenvalue weighted by Crippen LogP contribution is 2.27. The van der Waals surface area contributed by atoms with Gasteiger partial charge in [0.1, 0.15) is 11.5 Å². The second kappa shape index (κ2) is 9.66. The van der Waals surface area contributed by atoms with E-state index in [1.807, 2.05) is 19.1 Å². The Morgan fingerprint density at radius 2 is 1.54 bits per heavy atom. The topological polar surface area (TPSA) is 76.7 Å². The smallest absolute Gasteiger partial charge is 0.276 e. The van der Waals surface area contributed by atoms with Crippen LogP contribution in [0.3, 0.4) is 0 Å². The third-order valence-corrected chi connectivity index (χ3v) is 4.19. The summed E-state index contributed by atoms with van der Waals surface area (Å²) in [6, 6.07) is 10.1. The fourth-order valence-electron chi connectivity index (χ4n) is 1.81. The van der Waals surface area contributed by atoms with E-state index >= 15 is 0 Å². The summed E-state index contributed by atoms with van der Waals surface area (Å²) in [5.41, 5.74) is 5.51. The van der Waals surface area contributed by atoms with Crippen molar-refractivity contribution >= 4 is 50.9 Å². The number of amides is 2. The van der Waals surface area contributed by atoms with Gasteiger partial charge < -0.3 is 9.47 Å². The van der Waals surface area contributed by atoms with Crippen LogP contribution in [0.4, 0.5) is 0 Å². The molecule has 6 nitrogen and oxygen atoms in total. The van der Waals surface area contributed by atoms with E-state index in [0.29, 0.717) is 16.5 Å². The van der Waals surface area contributed by atoms with Crippen molar-refractivity contribution in [3.8, 4) is 11.5 Å². The quantitative estimate of drug-likeness (QED) is 0.643. The summed E-state index contributed by atoms with van der Waals surface area (Å²) in [5.74, 6) is -0.237. The van der Waals surface area contributed by atoms with E-state index in [1.54, 1.807) is 18.2 Å². The van der Waals surface area contributed by atoms with Crippen molar-refractivity contribution < 1.29 is 19.1 Å². The maximum absolute atomic E-state index is 11.7. The van der Waals surface area contributed by atoms with Crippen LogP contribution >= 0.6 is 39.1 Å². The Balaban J connectivity index is 1.72. The molecule has 2 aromatic rings. The number of hydrogen-bond donors (Lipinski definition) is 2. The van der Waals surface area contributed by atoms with E-state index in [-0.39, 0.29) is 18.2 Å². The second-order valence-electron chi connectivity index (χ2n) is 5.18. The van der Waals surface area contributed by atoms with E-state index in [9.17, 15) is 9.59 Å². The summed E-state index contributed by atoms with van der Waals surface area (Å²) < 4.78 is 11.4. The fraction of sp³-hybridized carbons (Fsp3) is 0.176. The van der Waals surface area contributed by atoms with Crippen molar-refractivity contribution in [2.75, 3.05) is 13.2 Å². The summed E-state index contributed by atoms with van der Waals surface area (Å²) in [4.78, 5) is 23.4. The summed E-state index contributed by atoms with van der Waals surface area (Å²) in [6.45, 7) is 1.36. The van der Waals surface area contributed by atoms with E-state index in [2.05, 4.69) is 26.8 Å². The Morgan fingerprint density at radius 1 is 0.962 bits per heavy atom. The van der Waals surface area contributed by atoms with Gasteiger partial charge in [-0.3, -0.25) is 20.4 Å². The van der Waals surface area contributed by atoms with Gasteiger partial charge in [-0.15, -0.1) is 0 Å². The minimum absolute atomic E-state index is 0.258. The molecule has 0 atom stereocenters. The Morgan fingerprint density at radius 3 is 2.12 bits per heavy atom. The van der Waals surface area contributed by atoms with Gasteiger partial charge in [0.05, 0.1) is 9.50 Å². The molecule has 0 spiro atoms. The zero-order valence-electron chi connectivity index (χ0n) is 13.6. The predicted molar refractivity (Wildman–Crippen MR) is 103 cm³/mol. The average Bonchev–Trinajstić information content (AvgIpc) is 2.58. The SMILES string of the molecule is Cc1ccc(OCC(=O)NNC(=O)COc2ccc(Cl)cc2Cl)c(Br)c1. The minimum Gasteiger partial charge on any atom is -0.483 e. The van der Waals surface area contributed by atoms with Crippen molar-refractivity contribution in [1.82, 2.24) is 10.9 Å². The third-order valence-electron chi connectivity index (χ3n) is 3.04. The predicted octanol–water partition coefficient (Wildman–Crippen LogP) is 3.67. The number of hydrogen-bond acceptors (Lipinski definition) is 4. The number of benzene rings is 2. The van der Waals surface area contributed by atoms with Crippen LogP contribution in [0.1, 0.15) is 5.56 Å². The molecule has 0 fully saturated rings. The highest BCUT2D eigenvalue weighted by atomic mass is 79.9. The summed E-state index contributed by atoms with van der Waals surface area (Å²) in [7, 11) is 0. The van der Waals surface area contributed by atoms with Crippen LogP contribution in [-0.4, -0.2) is 25.0 Å². The Labute approximate surface area is 168 Å². The number of hydrazine groups is 1. The molecule has 2 rings (SSSR count). The lowest BCUT2D eigenvalue weighted by molar-refractivity contribution is -0.131. The first-order valence-corrected chi connectivity index (χ1v) is 8.94. The molecular formula is C17H15BrCl2N2O4. The lowest BCUT2D eigenvalue weighted by Gasteiger charge is -2.11. The number of nitrogens with one attached hydrogen (secondary N) is 2. The third kappa shape index (κ3) is 6.40. The molecule has 9 heteroatoms. The molecule has 0 aliphatic rings. The van der Waals surface area contributed by atoms with Crippen molar-refractivity contribution in [2.45, 2.75) is 6.92 Å². The first-order valence-electron chi connectivity index (χ1n) is 7.39. The van der Waals surface area contributed by atoms with Crippen molar-refractivity contribution in [1.29, 1.82) is 0 Å². The number of halogens is 3. The molecule has 0 aliphatic carbocycles. The molecule has 0 unspecified atom stereocenters. The molecule has 0 radical (unpaired) electrons. The second-order valence-corrected chi connectivity index (χ2v) is 6.88. The Kier molecular flexibility index (Phi) is 7.56. The van der Waals surface area contributed by atoms with Crippen LogP contribution in [0.25, 0.3) is 0 Å². The van der Waals surface area contributed by atoms with Gasteiger partial charge in [0, 0.05) is 5.02 Å². The van der Waals surface area contributed by atoms with Gasteiger partial charge in [-0.1, -0.05) is 29.3 Å². The number of ether oxygens (including phenoxy) is 2. The summed E-state index contributed by atoms with van der Waals surface area (Å²) >= 11 is 15.1. The molecule has 26 heavy (non-hydrogen) atoms. The number of aryl methyl sites for hydroxylation is 1. The largest absolute Gasteiger partial charge is 0.483 e. The standard InChI is InChI=1S/C17H15BrCl2N2O4/c1-10-2-4-14(12(18)6-10)25-8-16(23)21-22-17(24)9-26-15-5-3-11(19)7-13(15)20/h2-7H,8-9H2,1H3,(H,21,23)(H,22,24).